The number of carboxylic acids is 1. The first-order chi connectivity index (χ1) is 10.6. The molecule has 0 bridgehead atoms. The summed E-state index contributed by atoms with van der Waals surface area (Å²) in [6.07, 6.45) is 1.15. The third-order valence-corrected chi connectivity index (χ3v) is 4.30. The van der Waals surface area contributed by atoms with E-state index in [-0.39, 0.29) is 11.7 Å². The number of carbonyl (C=O) groups excluding carboxylic acids is 2. The molecular formula is C16H19NO5. The van der Waals surface area contributed by atoms with Crippen LogP contribution in [0.3, 0.4) is 0 Å². The lowest BCUT2D eigenvalue weighted by molar-refractivity contribution is -0.897. The van der Waals surface area contributed by atoms with E-state index < -0.39 is 5.97 Å². The lowest BCUT2D eigenvalue weighted by atomic mass is 9.96. The van der Waals surface area contributed by atoms with E-state index in [4.69, 9.17) is 9.47 Å². The summed E-state index contributed by atoms with van der Waals surface area (Å²) in [5, 5.41) is 10.8. The van der Waals surface area contributed by atoms with Crippen LogP contribution in [0.4, 0.5) is 0 Å². The number of fused-ring (bicyclic) bond motifs is 1. The number of quaternary nitrogens is 1. The number of benzene rings is 1. The van der Waals surface area contributed by atoms with Gasteiger partial charge in [0.15, 0.2) is 11.5 Å². The number of hydrogen-bond acceptors (Lipinski definition) is 5. The predicted molar refractivity (Wildman–Crippen MR) is 75.1 cm³/mol. The van der Waals surface area contributed by atoms with Crippen molar-refractivity contribution < 1.29 is 29.1 Å². The number of likely N-dealkylation sites (tertiary alicyclic amines) is 1. The van der Waals surface area contributed by atoms with Crippen LogP contribution < -0.4 is 19.5 Å². The van der Waals surface area contributed by atoms with Crippen LogP contribution in [0.15, 0.2) is 18.2 Å². The maximum Gasteiger partial charge on any atom is 0.216 e. The Labute approximate surface area is 128 Å². The number of hydrogen-bond donors (Lipinski definition) is 1. The Bertz CT molecular complexity index is 578. The smallest absolute Gasteiger partial charge is 0.216 e. The number of nitrogens with one attached hydrogen (secondary N) is 1. The maximum atomic E-state index is 12.4. The van der Waals surface area contributed by atoms with Crippen molar-refractivity contribution >= 4 is 11.8 Å². The molecule has 0 spiro atoms. The molecule has 2 aliphatic heterocycles. The minimum atomic E-state index is -0.975. The molecule has 1 fully saturated rings. The van der Waals surface area contributed by atoms with Crippen LogP contribution in [0.25, 0.3) is 0 Å². The van der Waals surface area contributed by atoms with E-state index in [1.54, 1.807) is 18.2 Å². The number of carboxylic acid groups (broad SMARTS) is 1. The summed E-state index contributed by atoms with van der Waals surface area (Å²) >= 11 is 0. The van der Waals surface area contributed by atoms with Gasteiger partial charge in [-0.05, 0) is 18.2 Å². The molecule has 0 atom stereocenters. The fourth-order valence-corrected chi connectivity index (χ4v) is 2.98. The molecular weight excluding hydrogens is 286 g/mol. The zero-order valence-corrected chi connectivity index (χ0v) is 12.3. The molecule has 0 unspecified atom stereocenters. The first kappa shape index (κ1) is 14.8. The van der Waals surface area contributed by atoms with E-state index >= 15 is 0 Å². The number of carbonyl (C=O) groups is 2. The second-order valence-electron chi connectivity index (χ2n) is 5.80. The first-order valence-electron chi connectivity index (χ1n) is 7.61. The number of ketones is 1. The van der Waals surface area contributed by atoms with Crippen molar-refractivity contribution in [3.8, 4) is 11.5 Å². The second-order valence-corrected chi connectivity index (χ2v) is 5.80. The molecule has 0 radical (unpaired) electrons. The molecule has 3 rings (SSSR count). The SMILES string of the molecule is O=C(C[NH+]1CCC(C(=O)[O-])CC1)c1ccc2c(c1)OCCO2. The summed E-state index contributed by atoms with van der Waals surface area (Å²) in [5.41, 5.74) is 0.610. The molecule has 2 heterocycles. The first-order valence-corrected chi connectivity index (χ1v) is 7.61. The third kappa shape index (κ3) is 3.22. The lowest BCUT2D eigenvalue weighted by Gasteiger charge is -2.29. The average molecular weight is 305 g/mol. The quantitative estimate of drug-likeness (QED) is 0.698. The Hall–Kier alpha value is -2.08. The maximum absolute atomic E-state index is 12.4. The van der Waals surface area contributed by atoms with Gasteiger partial charge in [-0.25, -0.2) is 0 Å². The van der Waals surface area contributed by atoms with Gasteiger partial charge in [0.1, 0.15) is 19.8 Å². The van der Waals surface area contributed by atoms with Crippen molar-refractivity contribution in [2.75, 3.05) is 32.8 Å². The van der Waals surface area contributed by atoms with Crippen molar-refractivity contribution in [3.05, 3.63) is 23.8 Å². The van der Waals surface area contributed by atoms with Gasteiger partial charge in [-0.15, -0.1) is 0 Å². The standard InChI is InChI=1S/C16H19NO5/c18-13(10-17-5-3-11(4-6-17)16(19)20)12-1-2-14-15(9-12)22-8-7-21-14/h1-2,9,11H,3-8,10H2,(H,19,20). The van der Waals surface area contributed by atoms with Crippen LogP contribution >= 0.6 is 0 Å². The average Bonchev–Trinajstić information content (AvgIpc) is 2.55. The number of rotatable bonds is 4. The summed E-state index contributed by atoms with van der Waals surface area (Å²) in [6, 6.07) is 5.24. The minimum Gasteiger partial charge on any atom is -0.550 e. The van der Waals surface area contributed by atoms with Gasteiger partial charge in [0, 0.05) is 30.3 Å². The zero-order valence-electron chi connectivity index (χ0n) is 12.3. The van der Waals surface area contributed by atoms with Gasteiger partial charge in [-0.1, -0.05) is 0 Å². The van der Waals surface area contributed by atoms with Gasteiger partial charge in [0.25, 0.3) is 0 Å². The van der Waals surface area contributed by atoms with Crippen molar-refractivity contribution in [1.29, 1.82) is 0 Å². The highest BCUT2D eigenvalue weighted by Gasteiger charge is 2.25. The zero-order chi connectivity index (χ0) is 15.5. The predicted octanol–water partition coefficient (Wildman–Crippen LogP) is -1.31. The topological polar surface area (TPSA) is 80.1 Å². The number of Topliss-reactive ketones (excluding diaryl/α,β-unsaturated/α-hetero) is 1. The van der Waals surface area contributed by atoms with Gasteiger partial charge < -0.3 is 24.3 Å². The molecule has 0 aromatic heterocycles. The fraction of sp³-hybridized carbons (Fsp3) is 0.500. The van der Waals surface area contributed by atoms with Gasteiger partial charge in [0.05, 0.1) is 13.1 Å². The van der Waals surface area contributed by atoms with Crippen LogP contribution in [-0.4, -0.2) is 44.6 Å². The van der Waals surface area contributed by atoms with Gasteiger partial charge in [-0.2, -0.15) is 0 Å². The summed E-state index contributed by atoms with van der Waals surface area (Å²) < 4.78 is 10.9. The van der Waals surface area contributed by atoms with E-state index in [0.717, 1.165) is 4.90 Å². The molecule has 1 N–H and O–H groups in total. The van der Waals surface area contributed by atoms with E-state index in [9.17, 15) is 14.7 Å². The van der Waals surface area contributed by atoms with Crippen LogP contribution in [0.5, 0.6) is 11.5 Å². The van der Waals surface area contributed by atoms with Crippen molar-refractivity contribution in [2.45, 2.75) is 12.8 Å². The summed E-state index contributed by atoms with van der Waals surface area (Å²) in [5.74, 6) is -0.0167. The third-order valence-electron chi connectivity index (χ3n) is 4.30. The monoisotopic (exact) mass is 305 g/mol. The Morgan fingerprint density at radius 3 is 2.50 bits per heavy atom. The van der Waals surface area contributed by atoms with Crippen LogP contribution in [0.1, 0.15) is 23.2 Å². The molecule has 22 heavy (non-hydrogen) atoms. The van der Waals surface area contributed by atoms with Gasteiger partial charge in [-0.3, -0.25) is 4.79 Å². The lowest BCUT2D eigenvalue weighted by Crippen LogP contribution is -3.14. The van der Waals surface area contributed by atoms with E-state index in [1.807, 2.05) is 0 Å². The normalized spacial score (nSPS) is 23.8. The number of ether oxygens (including phenoxy) is 2. The number of aliphatic carboxylic acids is 1. The fourth-order valence-electron chi connectivity index (χ4n) is 2.98. The van der Waals surface area contributed by atoms with Crippen molar-refractivity contribution in [1.82, 2.24) is 0 Å². The van der Waals surface area contributed by atoms with Crippen molar-refractivity contribution in [3.63, 3.8) is 0 Å². The molecule has 0 aliphatic carbocycles. The molecule has 6 nitrogen and oxygen atoms in total. The summed E-state index contributed by atoms with van der Waals surface area (Å²) in [6.45, 7) is 2.77. The largest absolute Gasteiger partial charge is 0.550 e. The highest BCUT2D eigenvalue weighted by atomic mass is 16.6. The van der Waals surface area contributed by atoms with Crippen molar-refractivity contribution in [2.24, 2.45) is 5.92 Å². The summed E-state index contributed by atoms with van der Waals surface area (Å²) in [7, 11) is 0. The Balaban J connectivity index is 1.59. The molecule has 0 saturated carbocycles. The molecule has 0 amide bonds. The van der Waals surface area contributed by atoms with Crippen LogP contribution in [0.2, 0.25) is 0 Å². The molecule has 1 saturated heterocycles. The summed E-state index contributed by atoms with van der Waals surface area (Å²) in [4.78, 5) is 24.3. The molecule has 1 aromatic rings. The van der Waals surface area contributed by atoms with Gasteiger partial charge >= 0.3 is 0 Å². The van der Waals surface area contributed by atoms with E-state index in [0.29, 0.717) is 62.8 Å². The van der Waals surface area contributed by atoms with Gasteiger partial charge in [0.2, 0.25) is 5.78 Å². The molecule has 1 aromatic carbocycles. The Morgan fingerprint density at radius 2 is 1.82 bits per heavy atom. The minimum absolute atomic E-state index is 0.0406. The highest BCUT2D eigenvalue weighted by Crippen LogP contribution is 2.30. The van der Waals surface area contributed by atoms with E-state index in [2.05, 4.69) is 0 Å². The van der Waals surface area contributed by atoms with Crippen LogP contribution in [-0.2, 0) is 4.79 Å². The molecule has 6 heteroatoms. The highest BCUT2D eigenvalue weighted by molar-refractivity contribution is 5.97. The van der Waals surface area contributed by atoms with E-state index in [1.165, 1.54) is 0 Å². The molecule has 2 aliphatic rings. The Morgan fingerprint density at radius 1 is 1.14 bits per heavy atom. The Kier molecular flexibility index (Phi) is 4.29. The molecule has 118 valence electrons. The number of piperidine rings is 1. The second kappa shape index (κ2) is 6.36. The van der Waals surface area contributed by atoms with Crippen LogP contribution in [0, 0.1) is 5.92 Å².